The lowest BCUT2D eigenvalue weighted by Gasteiger charge is -2.22. The van der Waals surface area contributed by atoms with Gasteiger partial charge in [-0.2, -0.15) is 0 Å². The highest BCUT2D eigenvalue weighted by molar-refractivity contribution is 5.93. The molecule has 0 spiro atoms. The van der Waals surface area contributed by atoms with E-state index in [4.69, 9.17) is 9.47 Å². The number of carbonyl (C=O) groups excluding carboxylic acids is 2. The van der Waals surface area contributed by atoms with Crippen molar-refractivity contribution in [2.75, 3.05) is 32.1 Å². The van der Waals surface area contributed by atoms with Crippen LogP contribution in [0.15, 0.2) is 18.2 Å². The van der Waals surface area contributed by atoms with Gasteiger partial charge in [-0.25, -0.2) is 0 Å². The van der Waals surface area contributed by atoms with Gasteiger partial charge >= 0.3 is 0 Å². The fourth-order valence-electron chi connectivity index (χ4n) is 2.83. The molecule has 1 aromatic rings. The maximum atomic E-state index is 12.3. The van der Waals surface area contributed by atoms with E-state index in [1.807, 2.05) is 0 Å². The Kier molecular flexibility index (Phi) is 5.75. The molecule has 1 atom stereocenters. The molecule has 2 fully saturated rings. The first-order chi connectivity index (χ1) is 12.2. The van der Waals surface area contributed by atoms with Crippen LogP contribution >= 0.6 is 0 Å². The summed E-state index contributed by atoms with van der Waals surface area (Å²) >= 11 is 0. The van der Waals surface area contributed by atoms with Crippen molar-refractivity contribution in [2.24, 2.45) is 5.92 Å². The first kappa shape index (κ1) is 17.5. The summed E-state index contributed by atoms with van der Waals surface area (Å²) in [5, 5.41) is 9.02. The summed E-state index contributed by atoms with van der Waals surface area (Å²) in [4.78, 5) is 24.1. The molecule has 0 aromatic heterocycles. The standard InChI is InChI=1S/C18H25N3O4/c1-24-15-7-6-14(21-18(23)12-3-2-8-19-10-12)9-16(15)25-11-17(22)20-13-4-5-13/h6-7,9,12-13,19H,2-5,8,10-11H2,1H3,(H,20,22)(H,21,23). The Balaban J connectivity index is 1.59. The predicted molar refractivity (Wildman–Crippen MR) is 93.9 cm³/mol. The maximum absolute atomic E-state index is 12.3. The lowest BCUT2D eigenvalue weighted by atomic mass is 9.99. The van der Waals surface area contributed by atoms with Crippen LogP contribution in [0.5, 0.6) is 11.5 Å². The van der Waals surface area contributed by atoms with Crippen molar-refractivity contribution in [3.8, 4) is 11.5 Å². The topological polar surface area (TPSA) is 88.7 Å². The Labute approximate surface area is 147 Å². The molecule has 1 saturated heterocycles. The van der Waals surface area contributed by atoms with Gasteiger partial charge < -0.3 is 25.4 Å². The number of piperidine rings is 1. The summed E-state index contributed by atoms with van der Waals surface area (Å²) in [6, 6.07) is 5.48. The summed E-state index contributed by atoms with van der Waals surface area (Å²) in [7, 11) is 1.54. The quantitative estimate of drug-likeness (QED) is 0.692. The third-order valence-corrected chi connectivity index (χ3v) is 4.40. The monoisotopic (exact) mass is 347 g/mol. The summed E-state index contributed by atoms with van der Waals surface area (Å²) in [6.07, 6.45) is 3.96. The van der Waals surface area contributed by atoms with Gasteiger partial charge in [-0.3, -0.25) is 9.59 Å². The first-order valence-electron chi connectivity index (χ1n) is 8.77. The Morgan fingerprint density at radius 1 is 1.24 bits per heavy atom. The number of carbonyl (C=O) groups is 2. The van der Waals surface area contributed by atoms with Gasteiger partial charge in [0.05, 0.1) is 13.0 Å². The molecule has 3 N–H and O–H groups in total. The van der Waals surface area contributed by atoms with Crippen LogP contribution in [-0.4, -0.2) is 44.7 Å². The number of rotatable bonds is 7. The molecule has 25 heavy (non-hydrogen) atoms. The molecular formula is C18H25N3O4. The van der Waals surface area contributed by atoms with Crippen LogP contribution in [0.2, 0.25) is 0 Å². The molecule has 1 saturated carbocycles. The van der Waals surface area contributed by atoms with E-state index in [1.54, 1.807) is 25.3 Å². The van der Waals surface area contributed by atoms with Gasteiger partial charge in [0.25, 0.3) is 5.91 Å². The van der Waals surface area contributed by atoms with Crippen LogP contribution in [-0.2, 0) is 9.59 Å². The summed E-state index contributed by atoms with van der Waals surface area (Å²) in [5.41, 5.74) is 0.633. The van der Waals surface area contributed by atoms with E-state index < -0.39 is 0 Å². The van der Waals surface area contributed by atoms with Crippen molar-refractivity contribution < 1.29 is 19.1 Å². The van der Waals surface area contributed by atoms with E-state index in [0.717, 1.165) is 32.2 Å². The van der Waals surface area contributed by atoms with Crippen LogP contribution < -0.4 is 25.4 Å². The number of amides is 2. The minimum atomic E-state index is -0.146. The highest BCUT2D eigenvalue weighted by atomic mass is 16.5. The highest BCUT2D eigenvalue weighted by Crippen LogP contribution is 2.30. The smallest absolute Gasteiger partial charge is 0.258 e. The van der Waals surface area contributed by atoms with E-state index in [2.05, 4.69) is 16.0 Å². The van der Waals surface area contributed by atoms with E-state index in [-0.39, 0.29) is 24.3 Å². The van der Waals surface area contributed by atoms with Gasteiger partial charge in [-0.05, 0) is 44.4 Å². The number of benzene rings is 1. The molecule has 2 amide bonds. The third kappa shape index (κ3) is 5.09. The highest BCUT2D eigenvalue weighted by Gasteiger charge is 2.24. The van der Waals surface area contributed by atoms with Crippen LogP contribution in [0.3, 0.4) is 0 Å². The summed E-state index contributed by atoms with van der Waals surface area (Å²) < 4.78 is 10.9. The summed E-state index contributed by atoms with van der Waals surface area (Å²) in [6.45, 7) is 1.59. The number of nitrogens with one attached hydrogen (secondary N) is 3. The van der Waals surface area contributed by atoms with Crippen molar-refractivity contribution in [1.82, 2.24) is 10.6 Å². The zero-order chi connectivity index (χ0) is 17.6. The van der Waals surface area contributed by atoms with Gasteiger partial charge in [0.2, 0.25) is 5.91 Å². The van der Waals surface area contributed by atoms with E-state index in [9.17, 15) is 9.59 Å². The van der Waals surface area contributed by atoms with Crippen LogP contribution in [0, 0.1) is 5.92 Å². The molecule has 2 aliphatic rings. The van der Waals surface area contributed by atoms with Gasteiger partial charge in [0, 0.05) is 24.3 Å². The fraction of sp³-hybridized carbons (Fsp3) is 0.556. The van der Waals surface area contributed by atoms with Gasteiger partial charge in [-0.1, -0.05) is 0 Å². The fourth-order valence-corrected chi connectivity index (χ4v) is 2.83. The predicted octanol–water partition coefficient (Wildman–Crippen LogP) is 1.29. The van der Waals surface area contributed by atoms with Crippen LogP contribution in [0.1, 0.15) is 25.7 Å². The van der Waals surface area contributed by atoms with Crippen LogP contribution in [0.4, 0.5) is 5.69 Å². The van der Waals surface area contributed by atoms with Crippen molar-refractivity contribution in [1.29, 1.82) is 0 Å². The van der Waals surface area contributed by atoms with Gasteiger partial charge in [0.1, 0.15) is 0 Å². The normalized spacial score (nSPS) is 19.8. The van der Waals surface area contributed by atoms with Crippen molar-refractivity contribution in [3.05, 3.63) is 18.2 Å². The number of ether oxygens (including phenoxy) is 2. The molecule has 0 bridgehead atoms. The zero-order valence-corrected chi connectivity index (χ0v) is 14.5. The Hall–Kier alpha value is -2.28. The van der Waals surface area contributed by atoms with Gasteiger partial charge in [-0.15, -0.1) is 0 Å². The average molecular weight is 347 g/mol. The number of anilines is 1. The molecule has 7 heteroatoms. The second kappa shape index (κ2) is 8.20. The van der Waals surface area contributed by atoms with E-state index in [0.29, 0.717) is 29.8 Å². The molecule has 1 heterocycles. The number of methoxy groups -OCH3 is 1. The second-order valence-corrected chi connectivity index (χ2v) is 6.53. The molecule has 1 aromatic carbocycles. The van der Waals surface area contributed by atoms with Crippen LogP contribution in [0.25, 0.3) is 0 Å². The molecule has 3 rings (SSSR count). The Bertz CT molecular complexity index is 625. The largest absolute Gasteiger partial charge is 0.493 e. The first-order valence-corrected chi connectivity index (χ1v) is 8.77. The lowest BCUT2D eigenvalue weighted by molar-refractivity contribution is -0.123. The van der Waals surface area contributed by atoms with Crippen molar-refractivity contribution in [3.63, 3.8) is 0 Å². The Morgan fingerprint density at radius 3 is 2.76 bits per heavy atom. The SMILES string of the molecule is COc1ccc(NC(=O)C2CCCNC2)cc1OCC(=O)NC1CC1. The molecule has 0 radical (unpaired) electrons. The minimum absolute atomic E-state index is 0.00482. The number of hydrogen-bond acceptors (Lipinski definition) is 5. The minimum Gasteiger partial charge on any atom is -0.493 e. The Morgan fingerprint density at radius 2 is 2.08 bits per heavy atom. The molecule has 1 aliphatic heterocycles. The molecular weight excluding hydrogens is 322 g/mol. The maximum Gasteiger partial charge on any atom is 0.258 e. The van der Waals surface area contributed by atoms with E-state index in [1.165, 1.54) is 0 Å². The zero-order valence-electron chi connectivity index (χ0n) is 14.5. The van der Waals surface area contributed by atoms with Gasteiger partial charge in [0.15, 0.2) is 18.1 Å². The molecule has 1 unspecified atom stereocenters. The number of hydrogen-bond donors (Lipinski definition) is 3. The second-order valence-electron chi connectivity index (χ2n) is 6.53. The third-order valence-electron chi connectivity index (χ3n) is 4.40. The molecule has 136 valence electrons. The summed E-state index contributed by atoms with van der Waals surface area (Å²) in [5.74, 6) is 0.788. The van der Waals surface area contributed by atoms with Crippen molar-refractivity contribution in [2.45, 2.75) is 31.7 Å². The lowest BCUT2D eigenvalue weighted by Crippen LogP contribution is -2.37. The molecule has 7 nitrogen and oxygen atoms in total. The average Bonchev–Trinajstić information content (AvgIpc) is 3.45. The van der Waals surface area contributed by atoms with E-state index >= 15 is 0 Å². The molecule has 1 aliphatic carbocycles. The van der Waals surface area contributed by atoms with Crippen molar-refractivity contribution >= 4 is 17.5 Å².